The molecule has 2 amide bonds. The highest BCUT2D eigenvalue weighted by Crippen LogP contribution is 2.27. The number of nitrogens with zero attached hydrogens (tertiary/aromatic N) is 6. The minimum Gasteiger partial charge on any atom is -0.441 e. The first-order valence-electron chi connectivity index (χ1n) is 10.4. The first-order valence-corrected chi connectivity index (χ1v) is 11.5. The van der Waals surface area contributed by atoms with Crippen LogP contribution in [-0.2, 0) is 11.8 Å². The van der Waals surface area contributed by atoms with Crippen molar-refractivity contribution >= 4 is 58.3 Å². The van der Waals surface area contributed by atoms with Crippen molar-refractivity contribution in [1.29, 1.82) is 0 Å². The van der Waals surface area contributed by atoms with Crippen molar-refractivity contribution in [2.45, 2.75) is 13.0 Å². The van der Waals surface area contributed by atoms with E-state index < -0.39 is 23.9 Å². The highest BCUT2D eigenvalue weighted by Gasteiger charge is 2.21. The number of aryl methyl sites for hydroxylation is 1. The Kier molecular flexibility index (Phi) is 7.81. The lowest BCUT2D eigenvalue weighted by Gasteiger charge is -2.15. The van der Waals surface area contributed by atoms with E-state index in [4.69, 9.17) is 39.5 Å². The molecule has 0 aromatic carbocycles. The smallest absolute Gasteiger partial charge is 0.413 e. The molecule has 0 fully saturated rings. The molecule has 37 heavy (non-hydrogen) atoms. The number of aromatic nitrogens is 6. The SMILES string of the molecule is C[C@@H](OC(=O)Nc1c(-c2ccc(C(=O)Nc3cc(Cl)nc(Cl)c3)cn2)nnn1C)c1cc(F)cnc1Cl. The van der Waals surface area contributed by atoms with Crippen LogP contribution >= 0.6 is 34.8 Å². The number of anilines is 2. The van der Waals surface area contributed by atoms with Crippen LogP contribution in [0, 0.1) is 5.82 Å². The number of carbonyl (C=O) groups is 2. The van der Waals surface area contributed by atoms with E-state index in [-0.39, 0.29) is 38.1 Å². The second kappa shape index (κ2) is 11.0. The van der Waals surface area contributed by atoms with E-state index in [0.29, 0.717) is 11.4 Å². The summed E-state index contributed by atoms with van der Waals surface area (Å²) < 4.78 is 20.1. The maximum Gasteiger partial charge on any atom is 0.413 e. The third kappa shape index (κ3) is 6.28. The van der Waals surface area contributed by atoms with Gasteiger partial charge in [-0.25, -0.2) is 23.8 Å². The van der Waals surface area contributed by atoms with E-state index in [1.165, 1.54) is 42.1 Å². The molecule has 4 aromatic heterocycles. The molecule has 0 aliphatic carbocycles. The van der Waals surface area contributed by atoms with Gasteiger partial charge in [0.1, 0.15) is 27.4 Å². The van der Waals surface area contributed by atoms with Gasteiger partial charge < -0.3 is 10.1 Å². The van der Waals surface area contributed by atoms with Crippen molar-refractivity contribution in [2.75, 3.05) is 10.6 Å². The number of halogens is 4. The van der Waals surface area contributed by atoms with Crippen LogP contribution in [0.3, 0.4) is 0 Å². The average Bonchev–Trinajstić information content (AvgIpc) is 3.19. The van der Waals surface area contributed by atoms with E-state index in [1.54, 1.807) is 7.05 Å². The highest BCUT2D eigenvalue weighted by atomic mass is 35.5. The fourth-order valence-corrected chi connectivity index (χ4v) is 3.87. The summed E-state index contributed by atoms with van der Waals surface area (Å²) in [5, 5.41) is 13.4. The van der Waals surface area contributed by atoms with Crippen molar-refractivity contribution in [3.63, 3.8) is 0 Å². The van der Waals surface area contributed by atoms with E-state index in [2.05, 4.69) is 35.9 Å². The van der Waals surface area contributed by atoms with Crippen molar-refractivity contribution in [1.82, 2.24) is 29.9 Å². The van der Waals surface area contributed by atoms with E-state index >= 15 is 0 Å². The molecule has 15 heteroatoms. The van der Waals surface area contributed by atoms with Crippen molar-refractivity contribution < 1.29 is 18.7 Å². The van der Waals surface area contributed by atoms with Gasteiger partial charge in [-0.15, -0.1) is 5.10 Å². The second-order valence-electron chi connectivity index (χ2n) is 7.50. The zero-order valence-corrected chi connectivity index (χ0v) is 21.3. The Morgan fingerprint density at radius 2 is 1.78 bits per heavy atom. The Balaban J connectivity index is 1.47. The zero-order valence-electron chi connectivity index (χ0n) is 19.0. The van der Waals surface area contributed by atoms with Gasteiger partial charge in [0.05, 0.1) is 17.5 Å². The predicted octanol–water partition coefficient (Wildman–Crippen LogP) is 5.33. The van der Waals surface area contributed by atoms with Crippen LogP contribution in [0.25, 0.3) is 11.4 Å². The molecule has 1 atom stereocenters. The van der Waals surface area contributed by atoms with Crippen LogP contribution < -0.4 is 10.6 Å². The molecule has 0 spiro atoms. The molecule has 4 aromatic rings. The molecule has 0 aliphatic heterocycles. The topological polar surface area (TPSA) is 137 Å². The van der Waals surface area contributed by atoms with Gasteiger partial charge in [-0.3, -0.25) is 15.1 Å². The van der Waals surface area contributed by atoms with Gasteiger partial charge in [-0.2, -0.15) is 0 Å². The number of ether oxygens (including phenoxy) is 1. The zero-order chi connectivity index (χ0) is 26.7. The third-order valence-corrected chi connectivity index (χ3v) is 5.59. The molecule has 4 heterocycles. The van der Waals surface area contributed by atoms with Crippen LogP contribution in [0.2, 0.25) is 15.5 Å². The van der Waals surface area contributed by atoms with Crippen molar-refractivity contribution in [3.05, 3.63) is 75.1 Å². The van der Waals surface area contributed by atoms with Crippen molar-refractivity contribution in [2.24, 2.45) is 7.05 Å². The normalized spacial score (nSPS) is 11.6. The van der Waals surface area contributed by atoms with Crippen LogP contribution in [0.15, 0.2) is 42.7 Å². The summed E-state index contributed by atoms with van der Waals surface area (Å²) in [5.41, 5.74) is 1.34. The molecule has 2 N–H and O–H groups in total. The summed E-state index contributed by atoms with van der Waals surface area (Å²) in [7, 11) is 1.55. The Hall–Kier alpha value is -3.87. The fourth-order valence-electron chi connectivity index (χ4n) is 3.15. The number of carbonyl (C=O) groups excluding carboxylic acids is 2. The van der Waals surface area contributed by atoms with Gasteiger partial charge in [-0.05, 0) is 37.3 Å². The standard InChI is InChI=1S/C22H16Cl3FN8O3/c1-10(14-5-12(26)9-28-19(14)25)37-22(36)31-20-18(32-33-34(20)2)15-4-3-11(8-27-15)21(35)29-13-6-16(23)30-17(24)7-13/h3-10H,1-2H3,(H,31,36)(H,29,30,35)/t10-/m1/s1. The molecule has 0 saturated carbocycles. The predicted molar refractivity (Wildman–Crippen MR) is 134 cm³/mol. The summed E-state index contributed by atoms with van der Waals surface area (Å²) in [6.07, 6.45) is 0.511. The molecule has 11 nitrogen and oxygen atoms in total. The molecule has 0 saturated heterocycles. The van der Waals surface area contributed by atoms with Gasteiger partial charge >= 0.3 is 6.09 Å². The molecule has 0 aliphatic rings. The average molecular weight is 566 g/mol. The number of rotatable bonds is 6. The Morgan fingerprint density at radius 3 is 2.46 bits per heavy atom. The molecule has 190 valence electrons. The number of amides is 2. The fraction of sp³-hybridized carbons (Fsp3) is 0.136. The lowest BCUT2D eigenvalue weighted by Crippen LogP contribution is -2.19. The van der Waals surface area contributed by atoms with Crippen LogP contribution in [-0.4, -0.2) is 41.9 Å². The monoisotopic (exact) mass is 564 g/mol. The van der Waals surface area contributed by atoms with Crippen molar-refractivity contribution in [3.8, 4) is 11.4 Å². The van der Waals surface area contributed by atoms with E-state index in [1.807, 2.05) is 0 Å². The highest BCUT2D eigenvalue weighted by molar-refractivity contribution is 6.33. The lowest BCUT2D eigenvalue weighted by molar-refractivity contribution is 0.102. The van der Waals surface area contributed by atoms with Gasteiger partial charge in [-0.1, -0.05) is 40.0 Å². The summed E-state index contributed by atoms with van der Waals surface area (Å²) in [6.45, 7) is 1.52. The van der Waals surface area contributed by atoms with Crippen LogP contribution in [0.5, 0.6) is 0 Å². The van der Waals surface area contributed by atoms with Gasteiger partial charge in [0.25, 0.3) is 5.91 Å². The van der Waals surface area contributed by atoms with E-state index in [0.717, 1.165) is 12.3 Å². The van der Waals surface area contributed by atoms with Gasteiger partial charge in [0.2, 0.25) is 0 Å². The molecule has 0 bridgehead atoms. The molecule has 0 unspecified atom stereocenters. The molecular weight excluding hydrogens is 550 g/mol. The summed E-state index contributed by atoms with van der Waals surface area (Å²) >= 11 is 17.7. The first kappa shape index (κ1) is 26.2. The Bertz CT molecular complexity index is 1460. The van der Waals surface area contributed by atoms with Gasteiger partial charge in [0.15, 0.2) is 11.5 Å². The van der Waals surface area contributed by atoms with Crippen LogP contribution in [0.1, 0.15) is 28.9 Å². The number of hydrogen-bond acceptors (Lipinski definition) is 8. The molecule has 4 rings (SSSR count). The van der Waals surface area contributed by atoms with Gasteiger partial charge in [0, 0.05) is 24.5 Å². The first-order chi connectivity index (χ1) is 17.6. The maximum absolute atomic E-state index is 13.5. The maximum atomic E-state index is 13.5. The largest absolute Gasteiger partial charge is 0.441 e. The quantitative estimate of drug-likeness (QED) is 0.299. The molecular formula is C22H16Cl3FN8O3. The number of nitrogens with one attached hydrogen (secondary N) is 2. The van der Waals surface area contributed by atoms with E-state index in [9.17, 15) is 14.0 Å². The molecule has 0 radical (unpaired) electrons. The minimum absolute atomic E-state index is 0.00745. The lowest BCUT2D eigenvalue weighted by atomic mass is 10.2. The summed E-state index contributed by atoms with van der Waals surface area (Å²) in [4.78, 5) is 36.9. The number of hydrogen-bond donors (Lipinski definition) is 2. The second-order valence-corrected chi connectivity index (χ2v) is 8.64. The Labute approximate surface area is 223 Å². The Morgan fingerprint density at radius 1 is 1.05 bits per heavy atom. The summed E-state index contributed by atoms with van der Waals surface area (Å²) in [5.74, 6) is -0.908. The number of pyridine rings is 3. The third-order valence-electron chi connectivity index (χ3n) is 4.89. The minimum atomic E-state index is -0.901. The summed E-state index contributed by atoms with van der Waals surface area (Å²) in [6, 6.07) is 7.07. The van der Waals surface area contributed by atoms with Crippen LogP contribution in [0.4, 0.5) is 20.7 Å².